The molecule has 2 heterocycles. The average molecular weight is 154 g/mol. The van der Waals surface area contributed by atoms with Crippen molar-refractivity contribution >= 4 is 0 Å². The Morgan fingerprint density at radius 2 is 1.82 bits per heavy atom. The van der Waals surface area contributed by atoms with E-state index in [0.29, 0.717) is 0 Å². The second kappa shape index (κ2) is 3.11. The Hall–Kier alpha value is -0.0800. The molecule has 2 rings (SSSR count). The first-order chi connectivity index (χ1) is 5.36. The van der Waals surface area contributed by atoms with E-state index in [4.69, 9.17) is 0 Å². The Kier molecular flexibility index (Phi) is 2.14. The molecule has 0 aromatic rings. The van der Waals surface area contributed by atoms with Crippen LogP contribution in [-0.4, -0.2) is 49.1 Å². The zero-order valence-corrected chi connectivity index (χ0v) is 7.42. The topological polar surface area (TPSA) is 6.48 Å². The summed E-state index contributed by atoms with van der Waals surface area (Å²) in [5.41, 5.74) is 0. The van der Waals surface area contributed by atoms with Crippen molar-refractivity contribution in [3.05, 3.63) is 0 Å². The number of likely N-dealkylation sites (tertiary alicyclic amines) is 2. The van der Waals surface area contributed by atoms with E-state index in [1.54, 1.807) is 0 Å². The summed E-state index contributed by atoms with van der Waals surface area (Å²) in [5, 5.41) is 0. The summed E-state index contributed by atoms with van der Waals surface area (Å²) in [6, 6.07) is 0.891. The lowest BCUT2D eigenvalue weighted by molar-refractivity contribution is 0.242. The zero-order valence-electron chi connectivity index (χ0n) is 7.42. The van der Waals surface area contributed by atoms with Crippen LogP contribution in [0.1, 0.15) is 19.3 Å². The molecule has 2 fully saturated rings. The van der Waals surface area contributed by atoms with Gasteiger partial charge in [-0.25, -0.2) is 0 Å². The molecule has 0 spiro atoms. The fourth-order valence-electron chi connectivity index (χ4n) is 2.32. The van der Waals surface area contributed by atoms with Gasteiger partial charge in [0.1, 0.15) is 0 Å². The fourth-order valence-corrected chi connectivity index (χ4v) is 2.32. The second-order valence-corrected chi connectivity index (χ2v) is 3.95. The first-order valence-corrected chi connectivity index (χ1v) is 4.79. The number of hydrogen-bond acceptors (Lipinski definition) is 2. The Labute approximate surface area is 69.2 Å². The molecule has 0 aromatic heterocycles. The summed E-state index contributed by atoms with van der Waals surface area (Å²) < 4.78 is 0. The van der Waals surface area contributed by atoms with Gasteiger partial charge in [-0.1, -0.05) is 0 Å². The minimum absolute atomic E-state index is 0.891. The number of hydrogen-bond donors (Lipinski definition) is 0. The zero-order chi connectivity index (χ0) is 7.68. The maximum absolute atomic E-state index is 2.67. The van der Waals surface area contributed by atoms with Crippen LogP contribution < -0.4 is 0 Å². The highest BCUT2D eigenvalue weighted by atomic mass is 15.2. The minimum atomic E-state index is 0.891. The van der Waals surface area contributed by atoms with Crippen LogP contribution in [0.3, 0.4) is 0 Å². The van der Waals surface area contributed by atoms with Crippen LogP contribution in [-0.2, 0) is 0 Å². The van der Waals surface area contributed by atoms with E-state index in [-0.39, 0.29) is 0 Å². The first kappa shape index (κ1) is 7.56. The van der Waals surface area contributed by atoms with Crippen LogP contribution in [0.4, 0.5) is 0 Å². The molecule has 2 aliphatic rings. The van der Waals surface area contributed by atoms with E-state index in [0.717, 1.165) is 6.04 Å². The van der Waals surface area contributed by atoms with Crippen molar-refractivity contribution in [2.75, 3.05) is 33.2 Å². The van der Waals surface area contributed by atoms with E-state index >= 15 is 0 Å². The van der Waals surface area contributed by atoms with Gasteiger partial charge in [0.25, 0.3) is 0 Å². The van der Waals surface area contributed by atoms with Crippen molar-refractivity contribution in [1.29, 1.82) is 0 Å². The van der Waals surface area contributed by atoms with Crippen molar-refractivity contribution in [3.8, 4) is 0 Å². The van der Waals surface area contributed by atoms with Gasteiger partial charge in [-0.15, -0.1) is 0 Å². The van der Waals surface area contributed by atoms with Crippen LogP contribution in [0.15, 0.2) is 0 Å². The average Bonchev–Trinajstić information content (AvgIpc) is 2.55. The first-order valence-electron chi connectivity index (χ1n) is 4.79. The summed E-state index contributed by atoms with van der Waals surface area (Å²) >= 11 is 0. The van der Waals surface area contributed by atoms with Gasteiger partial charge in [-0.2, -0.15) is 0 Å². The summed E-state index contributed by atoms with van der Waals surface area (Å²) in [7, 11) is 2.23. The smallest absolute Gasteiger partial charge is 0.0235 e. The molecule has 0 amide bonds. The predicted octanol–water partition coefficient (Wildman–Crippen LogP) is 0.786. The quantitative estimate of drug-likeness (QED) is 0.551. The van der Waals surface area contributed by atoms with Crippen molar-refractivity contribution in [1.82, 2.24) is 9.80 Å². The second-order valence-electron chi connectivity index (χ2n) is 3.95. The number of likely N-dealkylation sites (N-methyl/N-ethyl adjacent to an activating group) is 1. The van der Waals surface area contributed by atoms with E-state index in [1.165, 1.54) is 45.4 Å². The highest BCUT2D eigenvalue weighted by Crippen LogP contribution is 2.18. The molecule has 2 saturated heterocycles. The summed E-state index contributed by atoms with van der Waals surface area (Å²) in [4.78, 5) is 5.12. The molecular formula is C9H18N2. The molecule has 0 N–H and O–H groups in total. The Bertz CT molecular complexity index is 130. The van der Waals surface area contributed by atoms with Gasteiger partial charge in [0.15, 0.2) is 0 Å². The van der Waals surface area contributed by atoms with Gasteiger partial charge in [-0.05, 0) is 45.9 Å². The molecule has 0 aliphatic carbocycles. The third-order valence-corrected chi connectivity index (χ3v) is 3.02. The van der Waals surface area contributed by atoms with Gasteiger partial charge < -0.3 is 4.90 Å². The number of rotatable bonds is 1. The van der Waals surface area contributed by atoms with Gasteiger partial charge in [0.05, 0.1) is 0 Å². The standard InChI is InChI=1S/C9H18N2/c1-10-7-4-9(8-10)11-5-2-3-6-11/h9H,2-8H2,1H3/t9-/m1/s1. The summed E-state index contributed by atoms with van der Waals surface area (Å²) in [6.45, 7) is 5.33. The third kappa shape index (κ3) is 1.57. The Morgan fingerprint density at radius 1 is 1.09 bits per heavy atom. The molecule has 0 bridgehead atoms. The van der Waals surface area contributed by atoms with Gasteiger partial charge in [-0.3, -0.25) is 4.90 Å². The van der Waals surface area contributed by atoms with E-state index in [9.17, 15) is 0 Å². The molecule has 2 heteroatoms. The monoisotopic (exact) mass is 154 g/mol. The van der Waals surface area contributed by atoms with Crippen molar-refractivity contribution in [2.45, 2.75) is 25.3 Å². The van der Waals surface area contributed by atoms with Crippen LogP contribution in [0, 0.1) is 0 Å². The lowest BCUT2D eigenvalue weighted by Gasteiger charge is -2.22. The molecule has 0 radical (unpaired) electrons. The molecule has 11 heavy (non-hydrogen) atoms. The molecule has 0 unspecified atom stereocenters. The number of nitrogens with zero attached hydrogens (tertiary/aromatic N) is 2. The minimum Gasteiger partial charge on any atom is -0.305 e. The van der Waals surface area contributed by atoms with E-state index in [2.05, 4.69) is 16.8 Å². The molecular weight excluding hydrogens is 136 g/mol. The van der Waals surface area contributed by atoms with Gasteiger partial charge in [0, 0.05) is 12.6 Å². The van der Waals surface area contributed by atoms with Crippen LogP contribution in [0.2, 0.25) is 0 Å². The maximum atomic E-state index is 2.67. The molecule has 2 nitrogen and oxygen atoms in total. The maximum Gasteiger partial charge on any atom is 0.0235 e. The SMILES string of the molecule is CN1CC[C@@H](N2CCCC2)C1. The highest BCUT2D eigenvalue weighted by molar-refractivity contribution is 4.83. The molecule has 0 aromatic carbocycles. The lowest BCUT2D eigenvalue weighted by atomic mass is 10.2. The van der Waals surface area contributed by atoms with Crippen molar-refractivity contribution in [2.24, 2.45) is 0 Å². The van der Waals surface area contributed by atoms with E-state index < -0.39 is 0 Å². The Morgan fingerprint density at radius 3 is 2.36 bits per heavy atom. The lowest BCUT2D eigenvalue weighted by Crippen LogP contribution is -2.34. The van der Waals surface area contributed by atoms with Gasteiger partial charge in [0.2, 0.25) is 0 Å². The largest absolute Gasteiger partial charge is 0.305 e. The summed E-state index contributed by atoms with van der Waals surface area (Å²) in [5.74, 6) is 0. The molecule has 0 saturated carbocycles. The normalized spacial score (nSPS) is 35.2. The highest BCUT2D eigenvalue weighted by Gasteiger charge is 2.26. The molecule has 1 atom stereocenters. The molecule has 64 valence electrons. The summed E-state index contributed by atoms with van der Waals surface area (Å²) in [6.07, 6.45) is 4.26. The van der Waals surface area contributed by atoms with Crippen LogP contribution in [0.25, 0.3) is 0 Å². The fraction of sp³-hybridized carbons (Fsp3) is 1.00. The molecule has 2 aliphatic heterocycles. The van der Waals surface area contributed by atoms with Crippen molar-refractivity contribution in [3.63, 3.8) is 0 Å². The third-order valence-electron chi connectivity index (χ3n) is 3.02. The van der Waals surface area contributed by atoms with E-state index in [1.807, 2.05) is 0 Å². The Balaban J connectivity index is 1.85. The van der Waals surface area contributed by atoms with Gasteiger partial charge >= 0.3 is 0 Å². The van der Waals surface area contributed by atoms with Crippen LogP contribution in [0.5, 0.6) is 0 Å². The van der Waals surface area contributed by atoms with Crippen molar-refractivity contribution < 1.29 is 0 Å². The predicted molar refractivity (Wildman–Crippen MR) is 46.7 cm³/mol. The van der Waals surface area contributed by atoms with Crippen LogP contribution >= 0.6 is 0 Å².